The molecular weight excluding hydrogens is 702 g/mol. The van der Waals surface area contributed by atoms with E-state index in [1.54, 1.807) is 37.9 Å². The first kappa shape index (κ1) is 38.1. The Balaban J connectivity index is 1.00. The molecule has 3 fully saturated rings. The van der Waals surface area contributed by atoms with E-state index in [9.17, 15) is 24.0 Å². The number of rotatable bonds is 9. The van der Waals surface area contributed by atoms with Gasteiger partial charge in [-0.2, -0.15) is 0 Å². The summed E-state index contributed by atoms with van der Waals surface area (Å²) in [5.74, 6) is -0.394. The second-order valence-corrected chi connectivity index (χ2v) is 16.6. The molecule has 3 heterocycles. The lowest BCUT2D eigenvalue weighted by Crippen LogP contribution is -2.51. The third kappa shape index (κ3) is 7.70. The second kappa shape index (κ2) is 15.1. The van der Waals surface area contributed by atoms with E-state index in [-0.39, 0.29) is 35.6 Å². The number of piperidine rings is 1. The van der Waals surface area contributed by atoms with Crippen LogP contribution < -0.4 is 5.32 Å². The molecule has 0 spiro atoms. The maximum Gasteiger partial charge on any atom is 0.411 e. The number of carbonyl (C=O) groups is 5. The monoisotopic (exact) mass is 753 g/mol. The first-order valence-corrected chi connectivity index (χ1v) is 19.4. The molecule has 5 atom stereocenters. The molecule has 2 aromatic carbocycles. The fourth-order valence-corrected chi connectivity index (χ4v) is 8.76. The number of hydrogen-bond acceptors (Lipinski definition) is 9. The van der Waals surface area contributed by atoms with Gasteiger partial charge < -0.3 is 29.4 Å². The normalized spacial score (nSPS) is 21.9. The topological polar surface area (TPSA) is 160 Å². The average Bonchev–Trinajstić information content (AvgIpc) is 3.99. The Bertz CT molecular complexity index is 2000. The molecule has 2 N–H and O–H groups in total. The summed E-state index contributed by atoms with van der Waals surface area (Å²) in [5.41, 5.74) is 6.02. The van der Waals surface area contributed by atoms with Gasteiger partial charge in [-0.05, 0) is 118 Å². The molecule has 13 nitrogen and oxygen atoms in total. The van der Waals surface area contributed by atoms with Gasteiger partial charge in [0.1, 0.15) is 23.5 Å². The van der Waals surface area contributed by atoms with Crippen molar-refractivity contribution >= 4 is 29.8 Å². The molecule has 2 saturated heterocycles. The van der Waals surface area contributed by atoms with Gasteiger partial charge in [-0.1, -0.05) is 38.1 Å². The number of fused-ring (bicyclic) bond motifs is 5. The highest BCUT2D eigenvalue weighted by atomic mass is 16.6. The van der Waals surface area contributed by atoms with Crippen molar-refractivity contribution in [2.45, 2.75) is 109 Å². The van der Waals surface area contributed by atoms with Crippen LogP contribution >= 0.6 is 0 Å². The minimum Gasteiger partial charge on any atom is -0.456 e. The number of methoxy groups -OCH3 is 1. The first-order chi connectivity index (χ1) is 26.2. The Morgan fingerprint density at radius 2 is 1.71 bits per heavy atom. The average molecular weight is 754 g/mol. The van der Waals surface area contributed by atoms with Crippen LogP contribution in [-0.2, 0) is 36.6 Å². The van der Waals surface area contributed by atoms with E-state index in [1.165, 1.54) is 17.6 Å². The summed E-state index contributed by atoms with van der Waals surface area (Å²) in [6.45, 7) is 9.37. The van der Waals surface area contributed by atoms with Crippen LogP contribution in [0.5, 0.6) is 0 Å². The number of aryl methyl sites for hydroxylation is 2. The number of ether oxygens (including phenoxy) is 3. The summed E-state index contributed by atoms with van der Waals surface area (Å²) >= 11 is 0. The summed E-state index contributed by atoms with van der Waals surface area (Å²) in [6.07, 6.45) is 6.20. The number of aromatic amines is 1. The Hall–Kier alpha value is -5.20. The zero-order chi connectivity index (χ0) is 39.2. The summed E-state index contributed by atoms with van der Waals surface area (Å²) in [7, 11) is 1.28. The summed E-state index contributed by atoms with van der Waals surface area (Å²) < 4.78 is 15.9. The zero-order valence-electron chi connectivity index (χ0n) is 32.5. The standard InChI is InChI=1S/C42H51N5O8/c1-23(2)35(45-40(51)53-6)38(49)46-17-7-8-33(46)37-43-21-32(44-37)26-12-15-30-24(18-26)9-10-25-19-27(13-16-31(25)30)34(48)22-54-39(50)36-28-11-14-29(20-28)47(36)41(52)55-42(3,4)5/h12-13,15-16,18-19,21,23,28-29,33,35-36H,7-11,14,17,20,22H2,1-6H3,(H,43,44)(H,45,51)/t28-,29-,33+,35+,36+/m1/s1. The molecule has 1 saturated carbocycles. The minimum absolute atomic E-state index is 0.00828. The number of nitrogens with one attached hydrogen (secondary N) is 2. The predicted octanol–water partition coefficient (Wildman–Crippen LogP) is 6.40. The molecule has 2 aliphatic heterocycles. The van der Waals surface area contributed by atoms with Crippen LogP contribution in [0.1, 0.15) is 100 Å². The van der Waals surface area contributed by atoms with Crippen molar-refractivity contribution in [3.8, 4) is 22.4 Å². The van der Waals surface area contributed by atoms with Gasteiger partial charge in [-0.15, -0.1) is 0 Å². The van der Waals surface area contributed by atoms with Crippen LogP contribution in [-0.4, -0.2) is 93.6 Å². The first-order valence-electron chi connectivity index (χ1n) is 19.4. The maximum atomic E-state index is 13.6. The molecule has 0 radical (unpaired) electrons. The number of imidazole rings is 1. The molecule has 4 aliphatic rings. The van der Waals surface area contributed by atoms with Crippen LogP contribution in [0.25, 0.3) is 22.4 Å². The van der Waals surface area contributed by atoms with E-state index in [0.29, 0.717) is 17.9 Å². The van der Waals surface area contributed by atoms with Crippen LogP contribution in [0.4, 0.5) is 9.59 Å². The molecule has 1 aromatic heterocycles. The van der Waals surface area contributed by atoms with Crippen LogP contribution in [0.15, 0.2) is 42.6 Å². The fraction of sp³-hybridized carbons (Fsp3) is 0.524. The predicted molar refractivity (Wildman–Crippen MR) is 203 cm³/mol. The number of Topliss-reactive ketones (excluding diaryl/α,β-unsaturated/α-hetero) is 1. The van der Waals surface area contributed by atoms with Crippen LogP contribution in [0.3, 0.4) is 0 Å². The van der Waals surface area contributed by atoms with Gasteiger partial charge in [0, 0.05) is 18.2 Å². The van der Waals surface area contributed by atoms with E-state index in [2.05, 4.69) is 22.4 Å². The van der Waals surface area contributed by atoms with Gasteiger partial charge in [0.25, 0.3) is 0 Å². The smallest absolute Gasteiger partial charge is 0.411 e. The highest BCUT2D eigenvalue weighted by Gasteiger charge is 2.53. The SMILES string of the molecule is COC(=O)N[C@H](C(=O)N1CCC[C@H]1c1ncc(-c2ccc3c(c2)CCc2cc(C(=O)COC(=O)[C@@H]4[C@@H]5CC[C@H](C5)N4C(=O)OC(C)(C)C)ccc2-3)[nH]1)C(C)C. The summed E-state index contributed by atoms with van der Waals surface area (Å²) in [4.78, 5) is 76.6. The molecule has 2 bridgehead atoms. The number of benzene rings is 2. The fourth-order valence-electron chi connectivity index (χ4n) is 8.76. The maximum absolute atomic E-state index is 13.6. The van der Waals surface area contributed by atoms with Gasteiger partial charge in [0.15, 0.2) is 12.4 Å². The lowest BCUT2D eigenvalue weighted by Gasteiger charge is -2.35. The zero-order valence-corrected chi connectivity index (χ0v) is 32.5. The molecule has 3 aromatic rings. The van der Waals surface area contributed by atoms with E-state index in [0.717, 1.165) is 72.9 Å². The number of amides is 3. The van der Waals surface area contributed by atoms with Crippen molar-refractivity contribution < 1.29 is 38.2 Å². The number of nitrogens with zero attached hydrogens (tertiary/aromatic N) is 3. The molecule has 2 aliphatic carbocycles. The Morgan fingerprint density at radius 1 is 0.982 bits per heavy atom. The van der Waals surface area contributed by atoms with Crippen LogP contribution in [0.2, 0.25) is 0 Å². The van der Waals surface area contributed by atoms with Crippen molar-refractivity contribution in [3.05, 3.63) is 65.1 Å². The van der Waals surface area contributed by atoms with Gasteiger partial charge in [0.2, 0.25) is 5.91 Å². The Kier molecular flexibility index (Phi) is 10.5. The molecular formula is C42H51N5O8. The minimum atomic E-state index is -0.736. The van der Waals surface area contributed by atoms with E-state index >= 15 is 0 Å². The van der Waals surface area contributed by atoms with E-state index < -0.39 is 42.4 Å². The molecule has 7 rings (SSSR count). The van der Waals surface area contributed by atoms with Gasteiger partial charge in [-0.3, -0.25) is 14.5 Å². The second-order valence-electron chi connectivity index (χ2n) is 16.6. The third-order valence-electron chi connectivity index (χ3n) is 11.4. The number of likely N-dealkylation sites (tertiary alicyclic amines) is 2. The van der Waals surface area contributed by atoms with E-state index in [4.69, 9.17) is 19.2 Å². The van der Waals surface area contributed by atoms with Crippen molar-refractivity contribution in [2.24, 2.45) is 11.8 Å². The molecule has 0 unspecified atom stereocenters. The van der Waals surface area contributed by atoms with Crippen molar-refractivity contribution in [2.75, 3.05) is 20.3 Å². The van der Waals surface area contributed by atoms with Crippen molar-refractivity contribution in [3.63, 3.8) is 0 Å². The molecule has 292 valence electrons. The largest absolute Gasteiger partial charge is 0.456 e. The lowest BCUT2D eigenvalue weighted by molar-refractivity contribution is -0.150. The highest BCUT2D eigenvalue weighted by Crippen LogP contribution is 2.44. The number of H-pyrrole nitrogens is 1. The number of esters is 1. The number of carbonyl (C=O) groups excluding carboxylic acids is 5. The van der Waals surface area contributed by atoms with Gasteiger partial charge >= 0.3 is 18.2 Å². The quantitative estimate of drug-likeness (QED) is 0.143. The summed E-state index contributed by atoms with van der Waals surface area (Å²) in [5, 5.41) is 2.69. The molecule has 3 amide bonds. The number of ketones is 1. The van der Waals surface area contributed by atoms with Crippen molar-refractivity contribution in [1.29, 1.82) is 0 Å². The number of hydrogen-bond donors (Lipinski definition) is 2. The number of aromatic nitrogens is 2. The van der Waals surface area contributed by atoms with Gasteiger partial charge in [0.05, 0.1) is 25.0 Å². The summed E-state index contributed by atoms with van der Waals surface area (Å²) in [6, 6.07) is 10.2. The molecule has 13 heteroatoms. The van der Waals surface area contributed by atoms with Crippen molar-refractivity contribution in [1.82, 2.24) is 25.1 Å². The highest BCUT2D eigenvalue weighted by molar-refractivity contribution is 5.99. The Labute approximate surface area is 321 Å². The Morgan fingerprint density at radius 3 is 2.42 bits per heavy atom. The van der Waals surface area contributed by atoms with Crippen LogP contribution in [0, 0.1) is 11.8 Å². The van der Waals surface area contributed by atoms with Gasteiger partial charge in [-0.25, -0.2) is 19.4 Å². The third-order valence-corrected chi connectivity index (χ3v) is 11.4. The molecule has 55 heavy (non-hydrogen) atoms. The lowest BCUT2D eigenvalue weighted by atomic mass is 9.83. The van der Waals surface area contributed by atoms with E-state index in [1.807, 2.05) is 32.0 Å². The number of alkyl carbamates (subject to hydrolysis) is 1.